The van der Waals surface area contributed by atoms with Crippen molar-refractivity contribution in [2.75, 3.05) is 0 Å². The van der Waals surface area contributed by atoms with Gasteiger partial charge in [-0.15, -0.1) is 0 Å². The van der Waals surface area contributed by atoms with Gasteiger partial charge in [0.1, 0.15) is 12.6 Å². The second-order valence-electron chi connectivity index (χ2n) is 9.41. The second-order valence-corrected chi connectivity index (χ2v) is 9.41. The maximum absolute atomic E-state index is 13.3. The van der Waals surface area contributed by atoms with Crippen LogP contribution in [0.3, 0.4) is 0 Å². The van der Waals surface area contributed by atoms with Gasteiger partial charge in [0.05, 0.1) is 12.1 Å². The maximum atomic E-state index is 13.3. The molecule has 3 aromatic rings. The van der Waals surface area contributed by atoms with Crippen molar-refractivity contribution in [3.05, 3.63) is 108 Å². The van der Waals surface area contributed by atoms with Gasteiger partial charge in [-0.2, -0.15) is 0 Å². The molecular formula is C30H34N2O4. The Hall–Kier alpha value is -3.64. The third kappa shape index (κ3) is 7.95. The van der Waals surface area contributed by atoms with E-state index in [1.165, 1.54) is 5.56 Å². The van der Waals surface area contributed by atoms with Gasteiger partial charge >= 0.3 is 6.09 Å². The van der Waals surface area contributed by atoms with Gasteiger partial charge in [0, 0.05) is 0 Å². The third-order valence-corrected chi connectivity index (χ3v) is 6.50. The molecule has 2 amide bonds. The first-order chi connectivity index (χ1) is 17.6. The Morgan fingerprint density at radius 1 is 0.833 bits per heavy atom. The predicted octanol–water partition coefficient (Wildman–Crippen LogP) is 4.93. The van der Waals surface area contributed by atoms with Gasteiger partial charge in [-0.05, 0) is 54.7 Å². The number of benzene rings is 3. The lowest BCUT2D eigenvalue weighted by atomic mass is 9.96. The Bertz CT molecular complexity index is 1090. The van der Waals surface area contributed by atoms with E-state index in [1.807, 2.05) is 91.0 Å². The summed E-state index contributed by atoms with van der Waals surface area (Å²) >= 11 is 0. The van der Waals surface area contributed by atoms with Crippen LogP contribution in [0.1, 0.15) is 48.4 Å². The van der Waals surface area contributed by atoms with E-state index in [9.17, 15) is 14.7 Å². The molecule has 1 saturated carbocycles. The van der Waals surface area contributed by atoms with Crippen molar-refractivity contribution in [2.45, 2.75) is 56.9 Å². The highest BCUT2D eigenvalue weighted by Crippen LogP contribution is 2.33. The molecule has 3 N–H and O–H groups in total. The zero-order valence-corrected chi connectivity index (χ0v) is 20.4. The van der Waals surface area contributed by atoms with Crippen LogP contribution in [-0.2, 0) is 22.6 Å². The molecule has 0 bridgehead atoms. The number of carbonyl (C=O) groups excluding carboxylic acids is 2. The standard InChI is InChI=1S/C30H34N2O4/c33-26(19-16-22-10-4-1-5-11-22)20-27(24-14-8-3-9-15-24)31-29(34)28(25-17-18-25)32-30(35)36-21-23-12-6-2-7-13-23/h1-15,25-28,33H,16-21H2,(H,31,34)(H,32,35). The number of carbonyl (C=O) groups is 2. The molecule has 1 fully saturated rings. The van der Waals surface area contributed by atoms with E-state index in [0.29, 0.717) is 12.8 Å². The molecule has 6 heteroatoms. The Balaban J connectivity index is 1.36. The van der Waals surface area contributed by atoms with E-state index in [1.54, 1.807) is 0 Å². The topological polar surface area (TPSA) is 87.7 Å². The Labute approximate surface area is 212 Å². The SMILES string of the molecule is O=C(NC(C(=O)NC(CC(O)CCc1ccccc1)c1ccccc1)C1CC1)OCc1ccccc1. The van der Waals surface area contributed by atoms with Crippen LogP contribution >= 0.6 is 0 Å². The van der Waals surface area contributed by atoms with Crippen LogP contribution < -0.4 is 10.6 Å². The van der Waals surface area contributed by atoms with Crippen LogP contribution in [0.2, 0.25) is 0 Å². The molecule has 0 heterocycles. The van der Waals surface area contributed by atoms with E-state index in [4.69, 9.17) is 4.74 Å². The molecule has 1 aliphatic carbocycles. The van der Waals surface area contributed by atoms with Crippen LogP contribution in [0.4, 0.5) is 4.79 Å². The molecule has 1 aliphatic rings. The fraction of sp³-hybridized carbons (Fsp3) is 0.333. The van der Waals surface area contributed by atoms with Crippen molar-refractivity contribution in [3.63, 3.8) is 0 Å². The lowest BCUT2D eigenvalue weighted by molar-refractivity contribution is -0.124. The molecule has 0 saturated heterocycles. The molecule has 3 unspecified atom stereocenters. The molecular weight excluding hydrogens is 452 g/mol. The van der Waals surface area contributed by atoms with Gasteiger partial charge in [0.25, 0.3) is 0 Å². The Kier molecular flexibility index (Phi) is 9.11. The van der Waals surface area contributed by atoms with Crippen LogP contribution in [-0.4, -0.2) is 29.3 Å². The highest BCUT2D eigenvalue weighted by Gasteiger charge is 2.38. The number of aliphatic hydroxyl groups excluding tert-OH is 1. The van der Waals surface area contributed by atoms with E-state index in [2.05, 4.69) is 10.6 Å². The summed E-state index contributed by atoms with van der Waals surface area (Å²) in [5.74, 6) is -0.160. The normalized spacial score (nSPS) is 15.4. The number of amides is 2. The van der Waals surface area contributed by atoms with Gasteiger partial charge in [-0.3, -0.25) is 4.79 Å². The molecule has 0 aliphatic heterocycles. The van der Waals surface area contributed by atoms with Crippen molar-refractivity contribution in [3.8, 4) is 0 Å². The quantitative estimate of drug-likeness (QED) is 0.339. The summed E-state index contributed by atoms with van der Waals surface area (Å²) in [4.78, 5) is 25.8. The molecule has 4 rings (SSSR count). The summed E-state index contributed by atoms with van der Waals surface area (Å²) in [6, 6.07) is 28.1. The van der Waals surface area contributed by atoms with Crippen molar-refractivity contribution >= 4 is 12.0 Å². The molecule has 6 nitrogen and oxygen atoms in total. The fourth-order valence-corrected chi connectivity index (χ4v) is 4.31. The fourth-order valence-electron chi connectivity index (χ4n) is 4.31. The van der Waals surface area contributed by atoms with Crippen molar-refractivity contribution in [1.82, 2.24) is 10.6 Å². The smallest absolute Gasteiger partial charge is 0.408 e. The molecule has 0 aromatic heterocycles. The number of aliphatic hydroxyl groups is 1. The number of aryl methyl sites for hydroxylation is 1. The highest BCUT2D eigenvalue weighted by molar-refractivity contribution is 5.86. The number of hydrogen-bond donors (Lipinski definition) is 3. The molecule has 36 heavy (non-hydrogen) atoms. The first kappa shape index (κ1) is 25.5. The van der Waals surface area contributed by atoms with E-state index in [0.717, 1.165) is 30.4 Å². The van der Waals surface area contributed by atoms with Crippen molar-refractivity contribution < 1.29 is 19.4 Å². The van der Waals surface area contributed by atoms with Crippen LogP contribution in [0.5, 0.6) is 0 Å². The minimum atomic E-state index is -0.666. The number of hydrogen-bond acceptors (Lipinski definition) is 4. The van der Waals surface area contributed by atoms with Crippen LogP contribution in [0.15, 0.2) is 91.0 Å². The zero-order valence-electron chi connectivity index (χ0n) is 20.4. The van der Waals surface area contributed by atoms with Gasteiger partial charge in [-0.25, -0.2) is 4.79 Å². The van der Waals surface area contributed by atoms with Gasteiger partial charge in [-0.1, -0.05) is 91.0 Å². The van der Waals surface area contributed by atoms with E-state index < -0.39 is 18.2 Å². The minimum absolute atomic E-state index is 0.0914. The van der Waals surface area contributed by atoms with Gasteiger partial charge < -0.3 is 20.5 Å². The third-order valence-electron chi connectivity index (χ3n) is 6.50. The average Bonchev–Trinajstić information content (AvgIpc) is 3.76. The monoisotopic (exact) mass is 486 g/mol. The predicted molar refractivity (Wildman–Crippen MR) is 139 cm³/mol. The molecule has 3 atom stereocenters. The van der Waals surface area contributed by atoms with Crippen molar-refractivity contribution in [1.29, 1.82) is 0 Å². The summed E-state index contributed by atoms with van der Waals surface area (Å²) in [5.41, 5.74) is 2.98. The van der Waals surface area contributed by atoms with Crippen molar-refractivity contribution in [2.24, 2.45) is 5.92 Å². The first-order valence-electron chi connectivity index (χ1n) is 12.6. The molecule has 0 spiro atoms. The minimum Gasteiger partial charge on any atom is -0.445 e. The zero-order chi connectivity index (χ0) is 25.2. The second kappa shape index (κ2) is 12.9. The summed E-state index contributed by atoms with van der Waals surface area (Å²) in [6.07, 6.45) is 2.32. The van der Waals surface area contributed by atoms with Gasteiger partial charge in [0.15, 0.2) is 0 Å². The Morgan fingerprint density at radius 3 is 2.03 bits per heavy atom. The van der Waals surface area contributed by atoms with Gasteiger partial charge in [0.2, 0.25) is 5.91 Å². The first-order valence-corrected chi connectivity index (χ1v) is 12.6. The lowest BCUT2D eigenvalue weighted by Gasteiger charge is -2.25. The summed E-state index contributed by atoms with van der Waals surface area (Å²) in [7, 11) is 0. The van der Waals surface area contributed by atoms with E-state index in [-0.39, 0.29) is 24.5 Å². The summed E-state index contributed by atoms with van der Waals surface area (Å²) in [5, 5.41) is 16.7. The largest absolute Gasteiger partial charge is 0.445 e. The summed E-state index contributed by atoms with van der Waals surface area (Å²) in [6.45, 7) is 0.145. The molecule has 188 valence electrons. The van der Waals surface area contributed by atoms with Crippen LogP contribution in [0.25, 0.3) is 0 Å². The molecule has 0 radical (unpaired) electrons. The summed E-state index contributed by atoms with van der Waals surface area (Å²) < 4.78 is 5.34. The number of alkyl carbamates (subject to hydrolysis) is 1. The lowest BCUT2D eigenvalue weighted by Crippen LogP contribution is -2.49. The Morgan fingerprint density at radius 2 is 1.42 bits per heavy atom. The number of ether oxygens (including phenoxy) is 1. The highest BCUT2D eigenvalue weighted by atomic mass is 16.5. The van der Waals surface area contributed by atoms with E-state index >= 15 is 0 Å². The maximum Gasteiger partial charge on any atom is 0.408 e. The number of rotatable bonds is 12. The average molecular weight is 487 g/mol. The molecule has 3 aromatic carbocycles. The van der Waals surface area contributed by atoms with Crippen LogP contribution in [0, 0.1) is 5.92 Å². The number of nitrogens with one attached hydrogen (secondary N) is 2.